The number of anilines is 2. The summed E-state index contributed by atoms with van der Waals surface area (Å²) in [6.45, 7) is 5.84. The predicted octanol–water partition coefficient (Wildman–Crippen LogP) is 5.19. The van der Waals surface area contributed by atoms with Crippen LogP contribution in [-0.4, -0.2) is 9.97 Å². The van der Waals surface area contributed by atoms with Gasteiger partial charge in [-0.1, -0.05) is 32.4 Å². The van der Waals surface area contributed by atoms with E-state index in [0.717, 1.165) is 12.1 Å². The fourth-order valence-electron chi connectivity index (χ4n) is 1.71. The first-order valence-corrected chi connectivity index (χ1v) is 6.93. The number of alkyl halides is 3. The Bertz CT molecular complexity index is 661. The highest BCUT2D eigenvalue weighted by Gasteiger charge is 2.30. The highest BCUT2D eigenvalue weighted by atomic mass is 35.5. The van der Waals surface area contributed by atoms with E-state index in [1.54, 1.807) is 0 Å². The molecule has 0 radical (unpaired) electrons. The molecule has 0 aliphatic carbocycles. The molecule has 0 unspecified atom stereocenters. The second kappa shape index (κ2) is 5.76. The minimum absolute atomic E-state index is 0.273. The molecule has 22 heavy (non-hydrogen) atoms. The quantitative estimate of drug-likeness (QED) is 0.770. The molecule has 1 aromatic carbocycles. The van der Waals surface area contributed by atoms with Crippen LogP contribution in [0.4, 0.5) is 24.7 Å². The molecule has 2 aromatic rings. The number of aromatic nitrogens is 2. The zero-order chi connectivity index (χ0) is 16.5. The summed E-state index contributed by atoms with van der Waals surface area (Å²) < 4.78 is 37.6. The van der Waals surface area contributed by atoms with Crippen LogP contribution in [0.2, 0.25) is 5.15 Å². The van der Waals surface area contributed by atoms with Crippen molar-refractivity contribution in [1.29, 1.82) is 0 Å². The van der Waals surface area contributed by atoms with E-state index in [1.807, 2.05) is 20.8 Å². The first-order valence-electron chi connectivity index (χ1n) is 6.55. The topological polar surface area (TPSA) is 37.8 Å². The number of rotatable bonds is 2. The third kappa shape index (κ3) is 4.10. The number of benzene rings is 1. The molecule has 0 atom stereocenters. The van der Waals surface area contributed by atoms with Crippen LogP contribution < -0.4 is 5.32 Å². The van der Waals surface area contributed by atoms with Gasteiger partial charge in [0.1, 0.15) is 16.8 Å². The predicted molar refractivity (Wildman–Crippen MR) is 80.5 cm³/mol. The van der Waals surface area contributed by atoms with Gasteiger partial charge >= 0.3 is 6.18 Å². The number of nitrogens with one attached hydrogen (secondary N) is 1. The molecule has 118 valence electrons. The molecular weight excluding hydrogens is 315 g/mol. The lowest BCUT2D eigenvalue weighted by molar-refractivity contribution is -0.137. The van der Waals surface area contributed by atoms with Crippen molar-refractivity contribution in [1.82, 2.24) is 9.97 Å². The van der Waals surface area contributed by atoms with Crippen LogP contribution >= 0.6 is 11.6 Å². The molecule has 7 heteroatoms. The van der Waals surface area contributed by atoms with E-state index in [4.69, 9.17) is 11.6 Å². The number of nitrogens with zero attached hydrogens (tertiary/aromatic N) is 2. The average Bonchev–Trinajstić information content (AvgIpc) is 2.36. The summed E-state index contributed by atoms with van der Waals surface area (Å²) in [6, 6.07) is 6.23. The Labute approximate surface area is 131 Å². The molecule has 1 aromatic heterocycles. The normalized spacial score (nSPS) is 12.3. The molecule has 0 saturated carbocycles. The van der Waals surface area contributed by atoms with Crippen molar-refractivity contribution in [3.8, 4) is 0 Å². The van der Waals surface area contributed by atoms with E-state index in [1.165, 1.54) is 18.2 Å². The number of hydrogen-bond acceptors (Lipinski definition) is 3. The van der Waals surface area contributed by atoms with Crippen molar-refractivity contribution in [2.45, 2.75) is 32.4 Å². The van der Waals surface area contributed by atoms with Crippen molar-refractivity contribution in [2.75, 3.05) is 5.32 Å². The van der Waals surface area contributed by atoms with Crippen LogP contribution in [0.3, 0.4) is 0 Å². The molecule has 0 aliphatic heterocycles. The zero-order valence-corrected chi connectivity index (χ0v) is 13.0. The summed E-state index contributed by atoms with van der Waals surface area (Å²) in [5, 5.41) is 3.21. The van der Waals surface area contributed by atoms with Gasteiger partial charge in [0.25, 0.3) is 0 Å². The molecule has 0 saturated heterocycles. The Morgan fingerprint density at radius 1 is 1.00 bits per heavy atom. The van der Waals surface area contributed by atoms with Gasteiger partial charge in [0.15, 0.2) is 0 Å². The first kappa shape index (κ1) is 16.5. The van der Waals surface area contributed by atoms with Crippen LogP contribution in [0.15, 0.2) is 30.3 Å². The summed E-state index contributed by atoms with van der Waals surface area (Å²) in [5.41, 5.74) is -0.502. The first-order chi connectivity index (χ1) is 10.1. The van der Waals surface area contributed by atoms with E-state index in [-0.39, 0.29) is 10.6 Å². The lowest BCUT2D eigenvalue weighted by Gasteiger charge is -2.18. The molecule has 0 aliphatic rings. The maximum absolute atomic E-state index is 12.5. The van der Waals surface area contributed by atoms with Crippen LogP contribution in [0.5, 0.6) is 0 Å². The molecule has 1 N–H and O–H groups in total. The average molecular weight is 330 g/mol. The van der Waals surface area contributed by atoms with E-state index in [2.05, 4.69) is 15.3 Å². The molecule has 0 spiro atoms. The molecule has 0 amide bonds. The van der Waals surface area contributed by atoms with E-state index in [9.17, 15) is 13.2 Å². The van der Waals surface area contributed by atoms with Crippen molar-refractivity contribution in [2.24, 2.45) is 0 Å². The van der Waals surface area contributed by atoms with Gasteiger partial charge in [0.2, 0.25) is 0 Å². The fourth-order valence-corrected chi connectivity index (χ4v) is 1.89. The van der Waals surface area contributed by atoms with Crippen molar-refractivity contribution < 1.29 is 13.2 Å². The maximum Gasteiger partial charge on any atom is 0.416 e. The van der Waals surface area contributed by atoms with Gasteiger partial charge in [0, 0.05) is 17.2 Å². The van der Waals surface area contributed by atoms with Gasteiger partial charge in [-0.15, -0.1) is 0 Å². The van der Waals surface area contributed by atoms with Gasteiger partial charge in [-0.3, -0.25) is 0 Å². The Hall–Kier alpha value is -1.82. The molecule has 3 nitrogen and oxygen atoms in total. The van der Waals surface area contributed by atoms with E-state index < -0.39 is 11.7 Å². The maximum atomic E-state index is 12.5. The molecule has 2 rings (SSSR count). The lowest BCUT2D eigenvalue weighted by Crippen LogP contribution is -2.16. The van der Waals surface area contributed by atoms with Gasteiger partial charge < -0.3 is 5.32 Å². The summed E-state index contributed by atoms with van der Waals surface area (Å²) in [4.78, 5) is 8.50. The second-order valence-electron chi connectivity index (χ2n) is 5.85. The molecular formula is C15H15ClF3N3. The zero-order valence-electron chi connectivity index (χ0n) is 12.3. The summed E-state index contributed by atoms with van der Waals surface area (Å²) in [5.74, 6) is 0.985. The Kier molecular flexibility index (Phi) is 4.33. The SMILES string of the molecule is CC(C)(C)c1nc(Cl)cc(Nc2ccc(C(F)(F)F)cc2)n1. The minimum Gasteiger partial charge on any atom is -0.340 e. The standard InChI is InChI=1S/C15H15ClF3N3/c1-14(2,3)13-21-11(16)8-12(22-13)20-10-6-4-9(5-7-10)15(17,18)19/h4-8H,1-3H3,(H,20,21,22). The monoisotopic (exact) mass is 329 g/mol. The largest absolute Gasteiger partial charge is 0.416 e. The Balaban J connectivity index is 2.26. The highest BCUT2D eigenvalue weighted by molar-refractivity contribution is 6.29. The molecule has 0 fully saturated rings. The Morgan fingerprint density at radius 3 is 2.09 bits per heavy atom. The Morgan fingerprint density at radius 2 is 1.59 bits per heavy atom. The van der Waals surface area contributed by atoms with Crippen LogP contribution in [0.25, 0.3) is 0 Å². The second-order valence-corrected chi connectivity index (χ2v) is 6.24. The van der Waals surface area contributed by atoms with E-state index >= 15 is 0 Å². The fraction of sp³-hybridized carbons (Fsp3) is 0.333. The van der Waals surface area contributed by atoms with Crippen LogP contribution in [-0.2, 0) is 11.6 Å². The third-order valence-electron chi connectivity index (χ3n) is 2.85. The summed E-state index contributed by atoms with van der Waals surface area (Å²) in [7, 11) is 0. The van der Waals surface area contributed by atoms with Crippen molar-refractivity contribution in [3.63, 3.8) is 0 Å². The number of halogens is 4. The number of hydrogen-bond donors (Lipinski definition) is 1. The van der Waals surface area contributed by atoms with E-state index in [0.29, 0.717) is 17.3 Å². The molecule has 0 bridgehead atoms. The summed E-state index contributed by atoms with van der Waals surface area (Å²) >= 11 is 5.97. The third-order valence-corrected chi connectivity index (χ3v) is 3.04. The minimum atomic E-state index is -4.35. The summed E-state index contributed by atoms with van der Waals surface area (Å²) in [6.07, 6.45) is -4.35. The van der Waals surface area contributed by atoms with Gasteiger partial charge in [-0.2, -0.15) is 13.2 Å². The van der Waals surface area contributed by atoms with Gasteiger partial charge in [-0.25, -0.2) is 9.97 Å². The van der Waals surface area contributed by atoms with Gasteiger partial charge in [-0.05, 0) is 24.3 Å². The van der Waals surface area contributed by atoms with Crippen molar-refractivity contribution in [3.05, 3.63) is 46.9 Å². The lowest BCUT2D eigenvalue weighted by atomic mass is 9.96. The highest BCUT2D eigenvalue weighted by Crippen LogP contribution is 2.30. The molecule has 1 heterocycles. The van der Waals surface area contributed by atoms with Crippen LogP contribution in [0, 0.1) is 0 Å². The smallest absolute Gasteiger partial charge is 0.340 e. The van der Waals surface area contributed by atoms with Gasteiger partial charge in [0.05, 0.1) is 5.56 Å². The van der Waals surface area contributed by atoms with Crippen molar-refractivity contribution >= 4 is 23.1 Å². The van der Waals surface area contributed by atoms with Crippen LogP contribution in [0.1, 0.15) is 32.2 Å².